The predicted molar refractivity (Wildman–Crippen MR) is 46.8 cm³/mol. The van der Waals surface area contributed by atoms with Gasteiger partial charge in [0.15, 0.2) is 0 Å². The van der Waals surface area contributed by atoms with Gasteiger partial charge in [0, 0.05) is 31.0 Å². The van der Waals surface area contributed by atoms with Gasteiger partial charge in [-0.1, -0.05) is 0 Å². The lowest BCUT2D eigenvalue weighted by atomic mass is 9.94. The first-order chi connectivity index (χ1) is 5.67. The van der Waals surface area contributed by atoms with Gasteiger partial charge in [-0.2, -0.15) is 0 Å². The van der Waals surface area contributed by atoms with Gasteiger partial charge in [0.2, 0.25) is 0 Å². The molecule has 0 aromatic carbocycles. The van der Waals surface area contributed by atoms with Crippen LogP contribution in [0.4, 0.5) is 5.82 Å². The topological polar surface area (TPSA) is 55.0 Å². The highest BCUT2D eigenvalue weighted by molar-refractivity contribution is 5.41. The van der Waals surface area contributed by atoms with Crippen LogP contribution in [0, 0.1) is 0 Å². The Morgan fingerprint density at radius 1 is 1.50 bits per heavy atom. The summed E-state index contributed by atoms with van der Waals surface area (Å²) >= 11 is 0. The van der Waals surface area contributed by atoms with Gasteiger partial charge in [0.05, 0.1) is 6.20 Å². The highest BCUT2D eigenvalue weighted by Gasteiger charge is 2.35. The minimum atomic E-state index is -0.0441. The maximum absolute atomic E-state index is 5.86. The first kappa shape index (κ1) is 7.49. The average Bonchev–Trinajstić information content (AvgIpc) is 2.02. The maximum atomic E-state index is 5.86. The minimum absolute atomic E-state index is 0.0441. The third-order valence-corrected chi connectivity index (χ3v) is 1.98. The second kappa shape index (κ2) is 2.42. The van der Waals surface area contributed by atoms with Gasteiger partial charge < -0.3 is 10.6 Å². The lowest BCUT2D eigenvalue weighted by Gasteiger charge is -2.45. The Morgan fingerprint density at radius 3 is 2.75 bits per heavy atom. The number of aromatic nitrogens is 2. The summed E-state index contributed by atoms with van der Waals surface area (Å²) in [7, 11) is 0. The van der Waals surface area contributed by atoms with Crippen LogP contribution in [0.2, 0.25) is 0 Å². The molecule has 1 fully saturated rings. The lowest BCUT2D eigenvalue weighted by Crippen LogP contribution is -2.65. The monoisotopic (exact) mass is 164 g/mol. The molecule has 2 rings (SSSR count). The van der Waals surface area contributed by atoms with Crippen molar-refractivity contribution >= 4 is 5.82 Å². The average molecular weight is 164 g/mol. The van der Waals surface area contributed by atoms with Crippen LogP contribution in [0.25, 0.3) is 0 Å². The fourth-order valence-electron chi connectivity index (χ4n) is 1.44. The molecule has 0 atom stereocenters. The number of nitrogens with two attached hydrogens (primary N) is 1. The third kappa shape index (κ3) is 1.25. The van der Waals surface area contributed by atoms with Crippen molar-refractivity contribution in [3.8, 4) is 0 Å². The Morgan fingerprint density at radius 2 is 2.25 bits per heavy atom. The van der Waals surface area contributed by atoms with Crippen molar-refractivity contribution in [3.05, 3.63) is 18.6 Å². The zero-order valence-corrected chi connectivity index (χ0v) is 7.07. The van der Waals surface area contributed by atoms with Crippen molar-refractivity contribution in [2.75, 3.05) is 18.0 Å². The molecule has 2 N–H and O–H groups in total. The van der Waals surface area contributed by atoms with Gasteiger partial charge in [-0.15, -0.1) is 0 Å². The molecule has 1 aliphatic rings. The van der Waals surface area contributed by atoms with E-state index < -0.39 is 0 Å². The Balaban J connectivity index is 2.06. The van der Waals surface area contributed by atoms with E-state index in [1.165, 1.54) is 0 Å². The number of rotatable bonds is 1. The quantitative estimate of drug-likeness (QED) is 0.635. The molecule has 0 spiro atoms. The Bertz CT molecular complexity index is 262. The van der Waals surface area contributed by atoms with E-state index in [1.807, 2.05) is 6.92 Å². The molecular formula is C8H12N4. The van der Waals surface area contributed by atoms with Gasteiger partial charge in [-0.3, -0.25) is 4.98 Å². The van der Waals surface area contributed by atoms with Crippen LogP contribution >= 0.6 is 0 Å². The molecule has 0 unspecified atom stereocenters. The van der Waals surface area contributed by atoms with E-state index in [0.29, 0.717) is 0 Å². The summed E-state index contributed by atoms with van der Waals surface area (Å²) in [5.41, 5.74) is 5.82. The molecule has 4 nitrogen and oxygen atoms in total. The maximum Gasteiger partial charge on any atom is 0.147 e. The van der Waals surface area contributed by atoms with E-state index >= 15 is 0 Å². The zero-order chi connectivity index (χ0) is 8.60. The van der Waals surface area contributed by atoms with Crippen LogP contribution < -0.4 is 10.6 Å². The highest BCUT2D eigenvalue weighted by atomic mass is 15.3. The van der Waals surface area contributed by atoms with Gasteiger partial charge in [-0.25, -0.2) is 4.98 Å². The molecule has 0 amide bonds. The summed E-state index contributed by atoms with van der Waals surface area (Å²) in [6, 6.07) is 0. The van der Waals surface area contributed by atoms with Crippen molar-refractivity contribution in [1.29, 1.82) is 0 Å². The van der Waals surface area contributed by atoms with Crippen LogP contribution in [0.1, 0.15) is 6.92 Å². The summed E-state index contributed by atoms with van der Waals surface area (Å²) in [5.74, 6) is 0.917. The van der Waals surface area contributed by atoms with Gasteiger partial charge in [0.1, 0.15) is 5.82 Å². The van der Waals surface area contributed by atoms with E-state index in [4.69, 9.17) is 5.73 Å². The SMILES string of the molecule is CC1(N)CN(c2cnccn2)C1. The van der Waals surface area contributed by atoms with Crippen LogP contribution in [-0.4, -0.2) is 28.6 Å². The molecule has 1 aliphatic heterocycles. The van der Waals surface area contributed by atoms with Gasteiger partial charge in [-0.05, 0) is 6.92 Å². The van der Waals surface area contributed by atoms with E-state index in [-0.39, 0.29) is 5.54 Å². The first-order valence-corrected chi connectivity index (χ1v) is 3.97. The predicted octanol–water partition coefficient (Wildman–Crippen LogP) is 0.0140. The summed E-state index contributed by atoms with van der Waals surface area (Å²) in [4.78, 5) is 10.3. The van der Waals surface area contributed by atoms with Crippen molar-refractivity contribution in [2.24, 2.45) is 5.73 Å². The molecule has 0 aliphatic carbocycles. The number of anilines is 1. The molecular weight excluding hydrogens is 152 g/mol. The van der Waals surface area contributed by atoms with E-state index in [1.54, 1.807) is 18.6 Å². The van der Waals surface area contributed by atoms with Crippen molar-refractivity contribution in [3.63, 3.8) is 0 Å². The van der Waals surface area contributed by atoms with Crippen molar-refractivity contribution < 1.29 is 0 Å². The lowest BCUT2D eigenvalue weighted by molar-refractivity contribution is 0.362. The zero-order valence-electron chi connectivity index (χ0n) is 7.07. The smallest absolute Gasteiger partial charge is 0.147 e. The van der Waals surface area contributed by atoms with Crippen molar-refractivity contribution in [1.82, 2.24) is 9.97 Å². The Kier molecular flexibility index (Phi) is 1.51. The molecule has 64 valence electrons. The third-order valence-electron chi connectivity index (χ3n) is 1.98. The van der Waals surface area contributed by atoms with E-state index in [2.05, 4.69) is 14.9 Å². The fourth-order valence-corrected chi connectivity index (χ4v) is 1.44. The summed E-state index contributed by atoms with van der Waals surface area (Å²) < 4.78 is 0. The molecule has 0 bridgehead atoms. The first-order valence-electron chi connectivity index (χ1n) is 3.97. The normalized spacial score (nSPS) is 20.3. The van der Waals surface area contributed by atoms with E-state index in [0.717, 1.165) is 18.9 Å². The van der Waals surface area contributed by atoms with Crippen LogP contribution in [0.15, 0.2) is 18.6 Å². The van der Waals surface area contributed by atoms with Gasteiger partial charge in [0.25, 0.3) is 0 Å². The standard InChI is InChI=1S/C8H12N4/c1-8(9)5-12(6-8)7-4-10-2-3-11-7/h2-4H,5-6,9H2,1H3. The molecule has 12 heavy (non-hydrogen) atoms. The molecule has 0 radical (unpaired) electrons. The molecule has 1 aromatic rings. The molecule has 4 heteroatoms. The largest absolute Gasteiger partial charge is 0.352 e. The molecule has 0 saturated carbocycles. The number of hydrogen-bond donors (Lipinski definition) is 1. The van der Waals surface area contributed by atoms with Crippen molar-refractivity contribution in [2.45, 2.75) is 12.5 Å². The number of nitrogens with zero attached hydrogens (tertiary/aromatic N) is 3. The molecule has 2 heterocycles. The Hall–Kier alpha value is -1.16. The Labute approximate surface area is 71.4 Å². The summed E-state index contributed by atoms with van der Waals surface area (Å²) in [6.07, 6.45) is 5.13. The second-order valence-corrected chi connectivity index (χ2v) is 3.57. The van der Waals surface area contributed by atoms with E-state index in [9.17, 15) is 0 Å². The summed E-state index contributed by atoms with van der Waals surface area (Å²) in [6.45, 7) is 3.78. The second-order valence-electron chi connectivity index (χ2n) is 3.57. The van der Waals surface area contributed by atoms with Crippen LogP contribution in [0.3, 0.4) is 0 Å². The molecule has 1 aromatic heterocycles. The van der Waals surface area contributed by atoms with Crippen LogP contribution in [-0.2, 0) is 0 Å². The molecule has 1 saturated heterocycles. The van der Waals surface area contributed by atoms with Crippen LogP contribution in [0.5, 0.6) is 0 Å². The van der Waals surface area contributed by atoms with Gasteiger partial charge >= 0.3 is 0 Å². The summed E-state index contributed by atoms with van der Waals surface area (Å²) in [5, 5.41) is 0. The highest BCUT2D eigenvalue weighted by Crippen LogP contribution is 2.22. The minimum Gasteiger partial charge on any atom is -0.352 e. The number of hydrogen-bond acceptors (Lipinski definition) is 4. The fraction of sp³-hybridized carbons (Fsp3) is 0.500.